The molecule has 0 saturated heterocycles. The Labute approximate surface area is 307 Å². The summed E-state index contributed by atoms with van der Waals surface area (Å²) in [5.74, 6) is 0.103. The van der Waals surface area contributed by atoms with Crippen molar-refractivity contribution in [1.29, 1.82) is 0 Å². The van der Waals surface area contributed by atoms with Crippen molar-refractivity contribution in [2.24, 2.45) is 7.05 Å². The second kappa shape index (κ2) is 13.7. The quantitative estimate of drug-likeness (QED) is 0.146. The highest BCUT2D eigenvalue weighted by atomic mass is 19.4. The Morgan fingerprint density at radius 1 is 0.491 bits per heavy atom. The third-order valence-electron chi connectivity index (χ3n) is 10.2. The van der Waals surface area contributed by atoms with E-state index >= 15 is 0 Å². The molecule has 0 radical (unpaired) electrons. The van der Waals surface area contributed by atoms with Gasteiger partial charge in [-0.1, -0.05) is 103 Å². The molecule has 0 fully saturated rings. The normalized spacial score (nSPS) is 12.3. The number of rotatable bonds is 8. The molecule has 0 N–H and O–H groups in total. The van der Waals surface area contributed by atoms with Crippen LogP contribution in [0.2, 0.25) is 0 Å². The Kier molecular flexibility index (Phi) is 8.75. The molecule has 1 atom stereocenters. The van der Waals surface area contributed by atoms with Gasteiger partial charge in [-0.25, -0.2) is 0 Å². The van der Waals surface area contributed by atoms with Crippen LogP contribution >= 0.6 is 0 Å². The molecule has 53 heavy (non-hydrogen) atoms. The van der Waals surface area contributed by atoms with Gasteiger partial charge in [-0.15, -0.1) is 0 Å². The van der Waals surface area contributed by atoms with E-state index in [-0.39, 0.29) is 5.92 Å². The lowest BCUT2D eigenvalue weighted by molar-refractivity contribution is -0.137. The lowest BCUT2D eigenvalue weighted by atomic mass is 9.85. The molecule has 7 aromatic carbocycles. The van der Waals surface area contributed by atoms with Crippen LogP contribution in [0.5, 0.6) is 0 Å². The molecule has 0 saturated carbocycles. The Hall–Kier alpha value is -6.27. The van der Waals surface area contributed by atoms with Crippen molar-refractivity contribution in [3.05, 3.63) is 198 Å². The zero-order valence-electron chi connectivity index (χ0n) is 29.7. The van der Waals surface area contributed by atoms with Gasteiger partial charge in [-0.3, -0.25) is 0 Å². The zero-order chi connectivity index (χ0) is 36.7. The van der Waals surface area contributed by atoms with E-state index in [1.165, 1.54) is 34.4 Å². The number of hydrogen-bond acceptors (Lipinski definition) is 2. The van der Waals surface area contributed by atoms with E-state index in [0.717, 1.165) is 56.7 Å². The molecule has 0 spiro atoms. The first kappa shape index (κ1) is 33.9. The first-order valence-electron chi connectivity index (χ1n) is 17.7. The molecule has 0 bridgehead atoms. The molecule has 6 heteroatoms. The second-order valence-corrected chi connectivity index (χ2v) is 13.6. The Morgan fingerprint density at radius 3 is 1.53 bits per heavy atom. The first-order valence-corrected chi connectivity index (χ1v) is 17.7. The van der Waals surface area contributed by atoms with Crippen molar-refractivity contribution in [2.75, 3.05) is 16.8 Å². The molecule has 0 aliphatic carbocycles. The average molecular weight is 702 g/mol. The maximum atomic E-state index is 13.2. The highest BCUT2D eigenvalue weighted by molar-refractivity contribution is 6.10. The van der Waals surface area contributed by atoms with Gasteiger partial charge in [-0.2, -0.15) is 13.2 Å². The summed E-state index contributed by atoms with van der Waals surface area (Å²) in [6, 6.07) is 56.8. The Balaban J connectivity index is 1.17. The molecule has 0 aliphatic heterocycles. The molecule has 0 amide bonds. The summed E-state index contributed by atoms with van der Waals surface area (Å²) in [5.41, 5.74) is 11.1. The van der Waals surface area contributed by atoms with Gasteiger partial charge in [0.15, 0.2) is 0 Å². The largest absolute Gasteiger partial charge is 0.416 e. The molecular formula is C47H38F3N3. The van der Waals surface area contributed by atoms with Gasteiger partial charge in [-0.05, 0) is 96.4 Å². The zero-order valence-corrected chi connectivity index (χ0v) is 29.7. The van der Waals surface area contributed by atoms with Gasteiger partial charge in [0.25, 0.3) is 0 Å². The predicted molar refractivity (Wildman–Crippen MR) is 213 cm³/mol. The van der Waals surface area contributed by atoms with Gasteiger partial charge in [0, 0.05) is 59.2 Å². The number of anilines is 5. The first-order chi connectivity index (χ1) is 25.7. The van der Waals surface area contributed by atoms with Crippen LogP contribution in [0.4, 0.5) is 41.6 Å². The van der Waals surface area contributed by atoms with Crippen LogP contribution in [0.3, 0.4) is 0 Å². The minimum Gasteiger partial charge on any atom is -0.345 e. The van der Waals surface area contributed by atoms with Crippen LogP contribution in [0.15, 0.2) is 170 Å². The summed E-state index contributed by atoms with van der Waals surface area (Å²) < 4.78 is 41.8. The van der Waals surface area contributed by atoms with Crippen molar-refractivity contribution < 1.29 is 13.2 Å². The fourth-order valence-corrected chi connectivity index (χ4v) is 7.37. The number of benzene rings is 7. The number of fused-ring (bicyclic) bond motifs is 3. The van der Waals surface area contributed by atoms with Crippen LogP contribution in [-0.4, -0.2) is 11.6 Å². The molecule has 1 heterocycles. The standard InChI is InChI=1S/C47H38F3N3/c1-32-14-16-34(17-15-32)46(33-10-6-4-7-11-33)35-18-22-39(23-19-35)53(38-12-8-5-9-13-38)41-27-29-43-42-28-26-40(30-44(42)52(3)45(43)31-41)51(2)37-24-20-36(21-25-37)47(48,49)50/h4-31,46H,1-3H3. The number of nitrogens with zero attached hydrogens (tertiary/aromatic N) is 3. The maximum absolute atomic E-state index is 13.2. The summed E-state index contributed by atoms with van der Waals surface area (Å²) in [6.45, 7) is 2.12. The Bertz CT molecular complexity index is 2500. The lowest BCUT2D eigenvalue weighted by Crippen LogP contribution is -2.11. The van der Waals surface area contributed by atoms with E-state index in [4.69, 9.17) is 0 Å². The van der Waals surface area contributed by atoms with Crippen LogP contribution in [0.1, 0.15) is 33.7 Å². The molecule has 1 unspecified atom stereocenters. The smallest absolute Gasteiger partial charge is 0.345 e. The number of alkyl halides is 3. The van der Waals surface area contributed by atoms with Crippen molar-refractivity contribution in [2.45, 2.75) is 19.0 Å². The number of hydrogen-bond donors (Lipinski definition) is 0. The van der Waals surface area contributed by atoms with E-state index in [1.807, 2.05) is 24.1 Å². The summed E-state index contributed by atoms with van der Waals surface area (Å²) in [6.07, 6.45) is -4.37. The summed E-state index contributed by atoms with van der Waals surface area (Å²) >= 11 is 0. The van der Waals surface area contributed by atoms with Crippen molar-refractivity contribution in [3.8, 4) is 0 Å². The summed E-state index contributed by atoms with van der Waals surface area (Å²) in [5, 5.41) is 2.24. The highest BCUT2D eigenvalue weighted by Gasteiger charge is 2.30. The molecular weight excluding hydrogens is 664 g/mol. The molecule has 0 aliphatic rings. The fraction of sp³-hybridized carbons (Fsp3) is 0.106. The molecule has 3 nitrogen and oxygen atoms in total. The molecule has 8 aromatic rings. The highest BCUT2D eigenvalue weighted by Crippen LogP contribution is 2.41. The minimum absolute atomic E-state index is 0.103. The van der Waals surface area contributed by atoms with E-state index in [1.54, 1.807) is 0 Å². The fourth-order valence-electron chi connectivity index (χ4n) is 7.37. The minimum atomic E-state index is -4.37. The number of aromatic nitrogens is 1. The summed E-state index contributed by atoms with van der Waals surface area (Å²) in [7, 11) is 3.93. The third-order valence-corrected chi connectivity index (χ3v) is 10.2. The third kappa shape index (κ3) is 6.53. The lowest BCUT2D eigenvalue weighted by Gasteiger charge is -2.26. The monoisotopic (exact) mass is 701 g/mol. The van der Waals surface area contributed by atoms with Crippen molar-refractivity contribution in [3.63, 3.8) is 0 Å². The SMILES string of the molecule is Cc1ccc(C(c2ccccc2)c2ccc(N(c3ccccc3)c3ccc4c5ccc(N(C)c6ccc(C(F)(F)F)cc6)cc5n(C)c4c3)cc2)cc1. The van der Waals surface area contributed by atoms with E-state index < -0.39 is 11.7 Å². The van der Waals surface area contributed by atoms with E-state index in [2.05, 4.69) is 157 Å². The molecule has 262 valence electrons. The molecule has 8 rings (SSSR count). The van der Waals surface area contributed by atoms with Gasteiger partial charge in [0.05, 0.1) is 16.6 Å². The van der Waals surface area contributed by atoms with Gasteiger partial charge in [0.2, 0.25) is 0 Å². The number of halogens is 3. The van der Waals surface area contributed by atoms with Gasteiger partial charge < -0.3 is 14.4 Å². The molecule has 1 aromatic heterocycles. The van der Waals surface area contributed by atoms with Crippen LogP contribution < -0.4 is 9.80 Å². The number of para-hydroxylation sites is 1. The number of aryl methyl sites for hydroxylation is 2. The van der Waals surface area contributed by atoms with E-state index in [9.17, 15) is 13.2 Å². The van der Waals surface area contributed by atoms with Gasteiger partial charge in [0.1, 0.15) is 0 Å². The Morgan fingerprint density at radius 2 is 0.943 bits per heavy atom. The second-order valence-electron chi connectivity index (χ2n) is 13.6. The average Bonchev–Trinajstić information content (AvgIpc) is 3.46. The van der Waals surface area contributed by atoms with Crippen molar-refractivity contribution >= 4 is 50.2 Å². The van der Waals surface area contributed by atoms with E-state index in [0.29, 0.717) is 5.69 Å². The van der Waals surface area contributed by atoms with Crippen LogP contribution in [0, 0.1) is 6.92 Å². The van der Waals surface area contributed by atoms with Crippen LogP contribution in [-0.2, 0) is 13.2 Å². The topological polar surface area (TPSA) is 11.4 Å². The summed E-state index contributed by atoms with van der Waals surface area (Å²) in [4.78, 5) is 4.19. The van der Waals surface area contributed by atoms with Gasteiger partial charge >= 0.3 is 6.18 Å². The maximum Gasteiger partial charge on any atom is 0.416 e. The van der Waals surface area contributed by atoms with Crippen LogP contribution in [0.25, 0.3) is 21.8 Å². The van der Waals surface area contributed by atoms with Crippen molar-refractivity contribution in [1.82, 2.24) is 4.57 Å². The predicted octanol–water partition coefficient (Wildman–Crippen LogP) is 13.1.